The maximum atomic E-state index is 12.4. The smallest absolute Gasteiger partial charge is 0.253 e. The molecular formula is C13H19N3O4S. The van der Waals surface area contributed by atoms with Gasteiger partial charge in [0.05, 0.1) is 4.90 Å². The minimum Gasteiger partial charge on any atom is -0.396 e. The Kier molecular flexibility index (Phi) is 4.94. The number of nitrogens with two attached hydrogens (primary N) is 1. The zero-order valence-electron chi connectivity index (χ0n) is 11.5. The van der Waals surface area contributed by atoms with Crippen molar-refractivity contribution in [3.63, 3.8) is 0 Å². The van der Waals surface area contributed by atoms with Gasteiger partial charge in [-0.2, -0.15) is 0 Å². The molecule has 4 N–H and O–H groups in total. The molecule has 0 saturated carbocycles. The van der Waals surface area contributed by atoms with Gasteiger partial charge in [-0.1, -0.05) is 0 Å². The molecular weight excluding hydrogens is 294 g/mol. The highest BCUT2D eigenvalue weighted by Crippen LogP contribution is 2.13. The van der Waals surface area contributed by atoms with E-state index in [1.807, 2.05) is 0 Å². The average molecular weight is 313 g/mol. The number of primary sulfonamides is 1. The quantitative estimate of drug-likeness (QED) is 0.669. The van der Waals surface area contributed by atoms with E-state index in [4.69, 9.17) is 10.2 Å². The molecule has 0 spiro atoms. The Balaban J connectivity index is 2.09. The van der Waals surface area contributed by atoms with Crippen molar-refractivity contribution in [2.75, 3.05) is 26.2 Å². The number of piperazine rings is 1. The van der Waals surface area contributed by atoms with E-state index in [1.54, 1.807) is 4.90 Å². The molecule has 0 bridgehead atoms. The monoisotopic (exact) mass is 313 g/mol. The summed E-state index contributed by atoms with van der Waals surface area (Å²) < 4.78 is 22.4. The second-order valence-corrected chi connectivity index (χ2v) is 6.55. The SMILES string of the molecule is NS(=O)(=O)c1ccc(C(=O)N2CCN[C@H](CCO)C2)cc1. The predicted molar refractivity (Wildman–Crippen MR) is 77.2 cm³/mol. The minimum absolute atomic E-state index is 0.0162. The predicted octanol–water partition coefficient (Wildman–Crippen LogP) is -0.870. The number of benzene rings is 1. The summed E-state index contributed by atoms with van der Waals surface area (Å²) in [6.45, 7) is 1.85. The molecule has 0 radical (unpaired) electrons. The molecule has 1 heterocycles. The van der Waals surface area contributed by atoms with Gasteiger partial charge in [-0.3, -0.25) is 4.79 Å². The topological polar surface area (TPSA) is 113 Å². The van der Waals surface area contributed by atoms with Crippen molar-refractivity contribution < 1.29 is 18.3 Å². The van der Waals surface area contributed by atoms with Crippen molar-refractivity contribution in [3.8, 4) is 0 Å². The van der Waals surface area contributed by atoms with E-state index >= 15 is 0 Å². The van der Waals surface area contributed by atoms with Gasteiger partial charge in [0.15, 0.2) is 0 Å². The fourth-order valence-electron chi connectivity index (χ4n) is 2.33. The van der Waals surface area contributed by atoms with Crippen LogP contribution in [0.15, 0.2) is 29.2 Å². The number of aliphatic hydroxyl groups excluding tert-OH is 1. The Hall–Kier alpha value is -1.48. The van der Waals surface area contributed by atoms with Gasteiger partial charge in [-0.05, 0) is 30.7 Å². The fraction of sp³-hybridized carbons (Fsp3) is 0.462. The molecule has 0 unspecified atom stereocenters. The van der Waals surface area contributed by atoms with Crippen LogP contribution in [0.5, 0.6) is 0 Å². The van der Waals surface area contributed by atoms with Gasteiger partial charge < -0.3 is 15.3 Å². The number of rotatable bonds is 4. The first-order valence-corrected chi connectivity index (χ1v) is 8.23. The summed E-state index contributed by atoms with van der Waals surface area (Å²) in [6.07, 6.45) is 0.591. The molecule has 0 aromatic heterocycles. The maximum absolute atomic E-state index is 12.4. The van der Waals surface area contributed by atoms with Crippen molar-refractivity contribution in [1.82, 2.24) is 10.2 Å². The molecule has 116 valence electrons. The van der Waals surface area contributed by atoms with Crippen LogP contribution < -0.4 is 10.5 Å². The number of carbonyl (C=O) groups is 1. The fourth-order valence-corrected chi connectivity index (χ4v) is 2.84. The lowest BCUT2D eigenvalue weighted by atomic mass is 10.1. The number of aliphatic hydroxyl groups is 1. The molecule has 1 aliphatic rings. The van der Waals surface area contributed by atoms with Gasteiger partial charge >= 0.3 is 0 Å². The summed E-state index contributed by atoms with van der Waals surface area (Å²) in [5, 5.41) is 17.2. The number of hydrogen-bond donors (Lipinski definition) is 3. The Morgan fingerprint density at radius 3 is 2.62 bits per heavy atom. The number of nitrogens with zero attached hydrogens (tertiary/aromatic N) is 1. The highest BCUT2D eigenvalue weighted by molar-refractivity contribution is 7.89. The van der Waals surface area contributed by atoms with Crippen LogP contribution in [-0.4, -0.2) is 56.6 Å². The van der Waals surface area contributed by atoms with Crippen molar-refractivity contribution in [1.29, 1.82) is 0 Å². The van der Waals surface area contributed by atoms with Gasteiger partial charge in [0, 0.05) is 37.8 Å². The third kappa shape index (κ3) is 4.01. The molecule has 1 fully saturated rings. The van der Waals surface area contributed by atoms with Crippen LogP contribution in [0.2, 0.25) is 0 Å². The highest BCUT2D eigenvalue weighted by Gasteiger charge is 2.23. The summed E-state index contributed by atoms with van der Waals surface area (Å²) in [6, 6.07) is 5.67. The standard InChI is InChI=1S/C13H19N3O4S/c14-21(19,20)12-3-1-10(2-4-12)13(18)16-7-6-15-11(9-16)5-8-17/h1-4,11,15,17H,5-9H2,(H2,14,19,20)/t11-/m1/s1. The Morgan fingerprint density at radius 2 is 2.05 bits per heavy atom. The van der Waals surface area contributed by atoms with Gasteiger partial charge in [0.25, 0.3) is 5.91 Å². The number of carbonyl (C=O) groups excluding carboxylic acids is 1. The van der Waals surface area contributed by atoms with Gasteiger partial charge in [-0.25, -0.2) is 13.6 Å². The number of hydrogen-bond acceptors (Lipinski definition) is 5. The second-order valence-electron chi connectivity index (χ2n) is 4.98. The molecule has 2 rings (SSSR count). The van der Waals surface area contributed by atoms with Crippen molar-refractivity contribution in [2.45, 2.75) is 17.4 Å². The molecule has 8 heteroatoms. The molecule has 1 aliphatic heterocycles. The largest absolute Gasteiger partial charge is 0.396 e. The summed E-state index contributed by atoms with van der Waals surface area (Å²) in [4.78, 5) is 14.0. The normalized spacial score (nSPS) is 19.5. The minimum atomic E-state index is -3.75. The molecule has 1 aromatic carbocycles. The van der Waals surface area contributed by atoms with E-state index < -0.39 is 10.0 Å². The summed E-state index contributed by atoms with van der Waals surface area (Å²) in [5.74, 6) is -0.152. The van der Waals surface area contributed by atoms with Gasteiger partial charge in [-0.15, -0.1) is 0 Å². The maximum Gasteiger partial charge on any atom is 0.253 e. The Morgan fingerprint density at radius 1 is 1.38 bits per heavy atom. The molecule has 1 amide bonds. The molecule has 0 aliphatic carbocycles. The first-order valence-electron chi connectivity index (χ1n) is 6.68. The van der Waals surface area contributed by atoms with E-state index in [2.05, 4.69) is 5.32 Å². The Bertz CT molecular complexity index is 598. The van der Waals surface area contributed by atoms with Gasteiger partial charge in [0.2, 0.25) is 10.0 Å². The lowest BCUT2D eigenvalue weighted by molar-refractivity contribution is 0.0690. The first kappa shape index (κ1) is 15.9. The number of sulfonamides is 1. The molecule has 1 aromatic rings. The number of nitrogens with one attached hydrogen (secondary N) is 1. The summed E-state index contributed by atoms with van der Waals surface area (Å²) in [5.41, 5.74) is 0.423. The lowest BCUT2D eigenvalue weighted by Gasteiger charge is -2.33. The van der Waals surface area contributed by atoms with Crippen LogP contribution in [0.25, 0.3) is 0 Å². The molecule has 1 saturated heterocycles. The van der Waals surface area contributed by atoms with Crippen molar-refractivity contribution in [3.05, 3.63) is 29.8 Å². The lowest BCUT2D eigenvalue weighted by Crippen LogP contribution is -2.52. The summed E-state index contributed by atoms with van der Waals surface area (Å²) in [7, 11) is -3.75. The zero-order valence-corrected chi connectivity index (χ0v) is 12.3. The van der Waals surface area contributed by atoms with Gasteiger partial charge in [0.1, 0.15) is 0 Å². The van der Waals surface area contributed by atoms with E-state index in [0.717, 1.165) is 0 Å². The van der Waals surface area contributed by atoms with Crippen LogP contribution in [0.1, 0.15) is 16.8 Å². The van der Waals surface area contributed by atoms with Crippen molar-refractivity contribution in [2.24, 2.45) is 5.14 Å². The van der Waals surface area contributed by atoms with Crippen LogP contribution in [-0.2, 0) is 10.0 Å². The third-order valence-electron chi connectivity index (χ3n) is 3.45. The Labute approximate surface area is 123 Å². The first-order chi connectivity index (χ1) is 9.91. The van der Waals surface area contributed by atoms with E-state index in [-0.39, 0.29) is 23.5 Å². The van der Waals surface area contributed by atoms with Crippen molar-refractivity contribution >= 4 is 15.9 Å². The second kappa shape index (κ2) is 6.52. The van der Waals surface area contributed by atoms with E-state index in [9.17, 15) is 13.2 Å². The summed E-state index contributed by atoms with van der Waals surface area (Å²) >= 11 is 0. The molecule has 7 nitrogen and oxygen atoms in total. The molecule has 21 heavy (non-hydrogen) atoms. The van der Waals surface area contributed by atoms with E-state index in [0.29, 0.717) is 31.6 Å². The van der Waals surface area contributed by atoms with Crippen LogP contribution in [0.3, 0.4) is 0 Å². The zero-order chi connectivity index (χ0) is 15.5. The highest BCUT2D eigenvalue weighted by atomic mass is 32.2. The van der Waals surface area contributed by atoms with E-state index in [1.165, 1.54) is 24.3 Å². The van der Waals surface area contributed by atoms with Crippen LogP contribution in [0, 0.1) is 0 Å². The van der Waals surface area contributed by atoms with Crippen LogP contribution >= 0.6 is 0 Å². The van der Waals surface area contributed by atoms with Crippen LogP contribution in [0.4, 0.5) is 0 Å². The molecule has 1 atom stereocenters. The third-order valence-corrected chi connectivity index (χ3v) is 4.38. The average Bonchev–Trinajstić information content (AvgIpc) is 2.46. The number of amides is 1.